The second-order valence-corrected chi connectivity index (χ2v) is 3.28. The van der Waals surface area contributed by atoms with Gasteiger partial charge in [-0.25, -0.2) is 13.8 Å². The lowest BCUT2D eigenvalue weighted by molar-refractivity contribution is -0.386. The molecule has 0 radical (unpaired) electrons. The minimum Gasteiger partial charge on any atom is -0.296 e. The summed E-state index contributed by atoms with van der Waals surface area (Å²) in [5.41, 5.74) is -2.41. The Morgan fingerprint density at radius 2 is 2.20 bits per heavy atom. The van der Waals surface area contributed by atoms with Crippen LogP contribution < -0.4 is 0 Å². The first-order valence-electron chi connectivity index (χ1n) is 3.55. The van der Waals surface area contributed by atoms with Crippen LogP contribution in [0, 0.1) is 10.1 Å². The molecule has 1 aromatic heterocycles. The highest BCUT2D eigenvalue weighted by atomic mass is 79.9. The standard InChI is InChI=1S/C7H3BrF2N2O3/c8-3-1-11-4(2-13)6(12(14)15)5(3)7(9)10/h1-2,7H. The first-order valence-corrected chi connectivity index (χ1v) is 4.34. The van der Waals surface area contributed by atoms with Crippen LogP contribution in [0.4, 0.5) is 14.5 Å². The number of nitro groups is 1. The van der Waals surface area contributed by atoms with Gasteiger partial charge in [0.1, 0.15) is 5.56 Å². The topological polar surface area (TPSA) is 73.1 Å². The fourth-order valence-corrected chi connectivity index (χ4v) is 1.46. The summed E-state index contributed by atoms with van der Waals surface area (Å²) < 4.78 is 24.8. The summed E-state index contributed by atoms with van der Waals surface area (Å²) in [6.45, 7) is 0. The number of aromatic nitrogens is 1. The second-order valence-electron chi connectivity index (χ2n) is 2.43. The number of rotatable bonds is 3. The average molecular weight is 281 g/mol. The minimum atomic E-state index is -3.05. The van der Waals surface area contributed by atoms with E-state index in [1.807, 2.05) is 0 Å². The number of carbonyl (C=O) groups excluding carboxylic acids is 1. The van der Waals surface area contributed by atoms with Crippen LogP contribution in [-0.4, -0.2) is 16.2 Å². The van der Waals surface area contributed by atoms with Gasteiger partial charge in [0.05, 0.1) is 9.40 Å². The van der Waals surface area contributed by atoms with Gasteiger partial charge in [-0.05, 0) is 15.9 Å². The second kappa shape index (κ2) is 4.39. The maximum atomic E-state index is 12.5. The van der Waals surface area contributed by atoms with Gasteiger partial charge in [0, 0.05) is 6.20 Å². The molecule has 80 valence electrons. The number of hydrogen-bond donors (Lipinski definition) is 0. The molecule has 0 bridgehead atoms. The van der Waals surface area contributed by atoms with E-state index >= 15 is 0 Å². The number of carbonyl (C=O) groups is 1. The number of pyridine rings is 1. The summed E-state index contributed by atoms with van der Waals surface area (Å²) in [5, 5.41) is 10.5. The van der Waals surface area contributed by atoms with Crippen molar-refractivity contribution in [1.29, 1.82) is 0 Å². The molecule has 15 heavy (non-hydrogen) atoms. The summed E-state index contributed by atoms with van der Waals surface area (Å²) in [5.74, 6) is 0. The molecule has 0 aliphatic heterocycles. The summed E-state index contributed by atoms with van der Waals surface area (Å²) in [7, 11) is 0. The summed E-state index contributed by atoms with van der Waals surface area (Å²) >= 11 is 2.72. The Morgan fingerprint density at radius 3 is 2.60 bits per heavy atom. The minimum absolute atomic E-state index is 0.0659. The lowest BCUT2D eigenvalue weighted by atomic mass is 10.2. The Bertz CT molecular complexity index is 425. The number of alkyl halides is 2. The van der Waals surface area contributed by atoms with E-state index in [-0.39, 0.29) is 10.8 Å². The molecule has 0 amide bonds. The van der Waals surface area contributed by atoms with Crippen molar-refractivity contribution in [3.8, 4) is 0 Å². The van der Waals surface area contributed by atoms with Crippen molar-refractivity contribution < 1.29 is 18.5 Å². The van der Waals surface area contributed by atoms with E-state index in [1.165, 1.54) is 0 Å². The van der Waals surface area contributed by atoms with Gasteiger partial charge >= 0.3 is 5.69 Å². The largest absolute Gasteiger partial charge is 0.308 e. The Labute approximate surface area is 90.4 Å². The number of nitrogens with zero attached hydrogens (tertiary/aromatic N) is 2. The van der Waals surface area contributed by atoms with Crippen LogP contribution in [0.3, 0.4) is 0 Å². The van der Waals surface area contributed by atoms with Gasteiger partial charge in [-0.15, -0.1) is 0 Å². The van der Waals surface area contributed by atoms with Crippen LogP contribution in [0.5, 0.6) is 0 Å². The monoisotopic (exact) mass is 280 g/mol. The van der Waals surface area contributed by atoms with E-state index < -0.39 is 28.3 Å². The van der Waals surface area contributed by atoms with Crippen molar-refractivity contribution in [3.05, 3.63) is 32.0 Å². The molecule has 0 spiro atoms. The van der Waals surface area contributed by atoms with Crippen molar-refractivity contribution in [2.75, 3.05) is 0 Å². The molecule has 5 nitrogen and oxygen atoms in total. The SMILES string of the molecule is O=Cc1ncc(Br)c(C(F)F)c1[N+](=O)[O-]. The van der Waals surface area contributed by atoms with Crippen molar-refractivity contribution in [1.82, 2.24) is 4.98 Å². The average Bonchev–Trinajstić information content (AvgIpc) is 2.16. The van der Waals surface area contributed by atoms with E-state index in [9.17, 15) is 23.7 Å². The molecule has 0 saturated heterocycles. The Kier molecular flexibility index (Phi) is 3.40. The summed E-state index contributed by atoms with van der Waals surface area (Å²) in [6.07, 6.45) is -2.06. The predicted molar refractivity (Wildman–Crippen MR) is 48.9 cm³/mol. The molecule has 0 aliphatic carbocycles. The molecule has 8 heteroatoms. The smallest absolute Gasteiger partial charge is 0.296 e. The molecule has 0 N–H and O–H groups in total. The summed E-state index contributed by atoms with van der Waals surface area (Å²) in [4.78, 5) is 23.2. The molecule has 0 aliphatic rings. The Hall–Kier alpha value is -1.44. The molecule has 0 unspecified atom stereocenters. The third kappa shape index (κ3) is 2.14. The van der Waals surface area contributed by atoms with Crippen molar-refractivity contribution in [3.63, 3.8) is 0 Å². The zero-order chi connectivity index (χ0) is 11.6. The lowest BCUT2D eigenvalue weighted by Gasteiger charge is -2.04. The first kappa shape index (κ1) is 11.6. The van der Waals surface area contributed by atoms with Gasteiger partial charge in [-0.2, -0.15) is 0 Å². The molecule has 0 fully saturated rings. The molecular formula is C7H3BrF2N2O3. The van der Waals surface area contributed by atoms with Crippen LogP contribution >= 0.6 is 15.9 Å². The fraction of sp³-hybridized carbons (Fsp3) is 0.143. The third-order valence-corrected chi connectivity index (χ3v) is 2.22. The van der Waals surface area contributed by atoms with Crippen LogP contribution in [0.2, 0.25) is 0 Å². The Balaban J connectivity index is 3.58. The van der Waals surface area contributed by atoms with Gasteiger partial charge < -0.3 is 0 Å². The lowest BCUT2D eigenvalue weighted by Crippen LogP contribution is -2.03. The highest BCUT2D eigenvalue weighted by molar-refractivity contribution is 9.10. The first-order chi connectivity index (χ1) is 6.99. The third-order valence-electron chi connectivity index (χ3n) is 1.58. The zero-order valence-electron chi connectivity index (χ0n) is 6.99. The van der Waals surface area contributed by atoms with Crippen LogP contribution in [0.25, 0.3) is 0 Å². The van der Waals surface area contributed by atoms with Crippen molar-refractivity contribution >= 4 is 27.9 Å². The highest BCUT2D eigenvalue weighted by Crippen LogP contribution is 2.35. The zero-order valence-corrected chi connectivity index (χ0v) is 8.57. The molecule has 1 rings (SSSR count). The van der Waals surface area contributed by atoms with Gasteiger partial charge in [-0.3, -0.25) is 14.9 Å². The number of aldehydes is 1. The van der Waals surface area contributed by atoms with Crippen molar-refractivity contribution in [2.24, 2.45) is 0 Å². The van der Waals surface area contributed by atoms with Gasteiger partial charge in [0.2, 0.25) is 0 Å². The Morgan fingerprint density at radius 1 is 1.60 bits per heavy atom. The molecule has 1 aromatic rings. The van der Waals surface area contributed by atoms with Gasteiger partial charge in [0.25, 0.3) is 6.43 Å². The fourth-order valence-electron chi connectivity index (χ4n) is 0.994. The molecular weight excluding hydrogens is 278 g/mol. The number of halogens is 3. The molecule has 0 atom stereocenters. The van der Waals surface area contributed by atoms with E-state index in [4.69, 9.17) is 0 Å². The maximum Gasteiger partial charge on any atom is 0.308 e. The quantitative estimate of drug-likeness (QED) is 0.484. The van der Waals surface area contributed by atoms with Crippen LogP contribution in [0.1, 0.15) is 22.5 Å². The van der Waals surface area contributed by atoms with Gasteiger partial charge in [-0.1, -0.05) is 0 Å². The normalized spacial score (nSPS) is 10.4. The maximum absolute atomic E-state index is 12.5. The van der Waals surface area contributed by atoms with E-state index in [1.54, 1.807) is 0 Å². The molecule has 1 heterocycles. The van der Waals surface area contributed by atoms with E-state index in [0.717, 1.165) is 6.20 Å². The summed E-state index contributed by atoms with van der Waals surface area (Å²) in [6, 6.07) is 0. The van der Waals surface area contributed by atoms with E-state index in [2.05, 4.69) is 20.9 Å². The van der Waals surface area contributed by atoms with Crippen LogP contribution in [-0.2, 0) is 0 Å². The van der Waals surface area contributed by atoms with Crippen LogP contribution in [0.15, 0.2) is 10.7 Å². The van der Waals surface area contributed by atoms with E-state index in [0.29, 0.717) is 0 Å². The predicted octanol–water partition coefficient (Wildman–Crippen LogP) is 2.50. The van der Waals surface area contributed by atoms with Crippen molar-refractivity contribution in [2.45, 2.75) is 6.43 Å². The number of hydrogen-bond acceptors (Lipinski definition) is 4. The molecule has 0 saturated carbocycles. The highest BCUT2D eigenvalue weighted by Gasteiger charge is 2.29. The molecule has 0 aromatic carbocycles. The van der Waals surface area contributed by atoms with Gasteiger partial charge in [0.15, 0.2) is 12.0 Å².